The van der Waals surface area contributed by atoms with Crippen molar-refractivity contribution in [1.82, 2.24) is 4.90 Å². The Balaban J connectivity index is 1.85. The van der Waals surface area contributed by atoms with Gasteiger partial charge in [-0.1, -0.05) is 48.2 Å². The van der Waals surface area contributed by atoms with E-state index in [-0.39, 0.29) is 6.42 Å². The van der Waals surface area contributed by atoms with Crippen molar-refractivity contribution < 1.29 is 28.1 Å². The Hall–Kier alpha value is -1.55. The summed E-state index contributed by atoms with van der Waals surface area (Å²) in [6, 6.07) is 7.90. The molecule has 9 heteroatoms. The molecule has 27 heavy (non-hydrogen) atoms. The van der Waals surface area contributed by atoms with E-state index in [1.54, 1.807) is 49.3 Å². The van der Waals surface area contributed by atoms with Crippen LogP contribution in [0, 0.1) is 0 Å². The Labute approximate surface area is 159 Å². The van der Waals surface area contributed by atoms with Crippen molar-refractivity contribution in [2.75, 3.05) is 14.1 Å². The van der Waals surface area contributed by atoms with Gasteiger partial charge in [0.15, 0.2) is 5.17 Å². The number of thioether (sulfide) groups is 1. The Kier molecular flexibility index (Phi) is 5.85. The number of aliphatic imine (C=N–C) groups is 1. The van der Waals surface area contributed by atoms with Crippen LogP contribution in [0.1, 0.15) is 5.56 Å². The fourth-order valence-corrected chi connectivity index (χ4v) is 4.20. The number of rotatable bonds is 3. The van der Waals surface area contributed by atoms with Gasteiger partial charge in [-0.25, -0.2) is 0 Å². The number of benzene rings is 1. The zero-order valence-electron chi connectivity index (χ0n) is 14.8. The molecule has 0 aromatic heterocycles. The number of fused-ring (bicyclic) bond motifs is 1. The van der Waals surface area contributed by atoms with Crippen LogP contribution in [-0.4, -0.2) is 70.3 Å². The number of aliphatic hydroxyl groups excluding tert-OH is 2. The van der Waals surface area contributed by atoms with Crippen molar-refractivity contribution in [2.45, 2.75) is 42.4 Å². The highest BCUT2D eigenvalue weighted by molar-refractivity contribution is 8.14. The molecule has 5 nitrogen and oxygen atoms in total. The van der Waals surface area contributed by atoms with Crippen molar-refractivity contribution in [3.05, 3.63) is 47.5 Å². The van der Waals surface area contributed by atoms with E-state index in [9.17, 15) is 23.4 Å². The van der Waals surface area contributed by atoms with Crippen molar-refractivity contribution in [3.8, 4) is 0 Å². The third kappa shape index (κ3) is 4.31. The first kappa shape index (κ1) is 20.2. The molecular formula is C18H21F3N2O3S. The maximum absolute atomic E-state index is 13.7. The van der Waals surface area contributed by atoms with Crippen LogP contribution in [0.4, 0.5) is 13.2 Å². The zero-order chi connectivity index (χ0) is 19.8. The van der Waals surface area contributed by atoms with Crippen molar-refractivity contribution >= 4 is 16.9 Å². The number of nitrogens with zero attached hydrogens (tertiary/aromatic N) is 2. The average molecular weight is 402 g/mol. The molecule has 0 saturated carbocycles. The van der Waals surface area contributed by atoms with Crippen molar-refractivity contribution in [1.29, 1.82) is 0 Å². The van der Waals surface area contributed by atoms with E-state index in [0.717, 1.165) is 17.8 Å². The molecule has 3 rings (SSSR count). The maximum atomic E-state index is 13.7. The lowest BCUT2D eigenvalue weighted by atomic mass is 9.92. The smallest absolute Gasteiger partial charge is 0.388 e. The van der Waals surface area contributed by atoms with Crippen LogP contribution in [0.15, 0.2) is 47.0 Å². The van der Waals surface area contributed by atoms with Gasteiger partial charge >= 0.3 is 6.18 Å². The van der Waals surface area contributed by atoms with E-state index in [1.807, 2.05) is 0 Å². The molecular weight excluding hydrogens is 381 g/mol. The fraction of sp³-hybridized carbons (Fsp3) is 0.500. The zero-order valence-corrected chi connectivity index (χ0v) is 15.6. The number of amidine groups is 1. The van der Waals surface area contributed by atoms with E-state index in [4.69, 9.17) is 4.74 Å². The fourth-order valence-electron chi connectivity index (χ4n) is 3.06. The van der Waals surface area contributed by atoms with Crippen LogP contribution in [0.2, 0.25) is 0 Å². The molecule has 2 aliphatic rings. The Bertz CT molecular complexity index is 724. The number of aliphatic hydroxyl groups is 2. The van der Waals surface area contributed by atoms with E-state index in [2.05, 4.69) is 4.99 Å². The Morgan fingerprint density at radius 2 is 1.89 bits per heavy atom. The van der Waals surface area contributed by atoms with Crippen LogP contribution < -0.4 is 0 Å². The molecule has 5 atom stereocenters. The number of ether oxygens (including phenoxy) is 1. The third-order valence-corrected chi connectivity index (χ3v) is 5.77. The van der Waals surface area contributed by atoms with Gasteiger partial charge in [0, 0.05) is 14.1 Å². The van der Waals surface area contributed by atoms with Gasteiger partial charge in [-0.3, -0.25) is 4.99 Å². The van der Waals surface area contributed by atoms with Crippen molar-refractivity contribution in [3.63, 3.8) is 0 Å². The number of hydrogen-bond acceptors (Lipinski definition) is 6. The minimum absolute atomic E-state index is 0.0407. The molecule has 148 valence electrons. The van der Waals surface area contributed by atoms with E-state index in [0.29, 0.717) is 10.7 Å². The van der Waals surface area contributed by atoms with Crippen LogP contribution >= 0.6 is 11.8 Å². The number of allylic oxidation sites excluding steroid dienone is 1. The molecule has 0 radical (unpaired) electrons. The van der Waals surface area contributed by atoms with Gasteiger partial charge in [0.2, 0.25) is 0 Å². The first-order chi connectivity index (χ1) is 12.7. The van der Waals surface area contributed by atoms with E-state index < -0.39 is 41.5 Å². The monoisotopic (exact) mass is 402 g/mol. The molecule has 0 bridgehead atoms. The lowest BCUT2D eigenvalue weighted by Gasteiger charge is -2.39. The summed E-state index contributed by atoms with van der Waals surface area (Å²) < 4.78 is 46.6. The van der Waals surface area contributed by atoms with Crippen LogP contribution in [0.3, 0.4) is 0 Å². The lowest BCUT2D eigenvalue weighted by molar-refractivity contribution is -0.170. The molecule has 2 N–H and O–H groups in total. The second-order valence-electron chi connectivity index (χ2n) is 6.67. The normalized spacial score (nSPS) is 31.4. The molecule has 1 fully saturated rings. The predicted octanol–water partition coefficient (Wildman–Crippen LogP) is 2.20. The van der Waals surface area contributed by atoms with Gasteiger partial charge in [0.1, 0.15) is 29.8 Å². The maximum Gasteiger partial charge on any atom is 0.414 e. The second kappa shape index (κ2) is 7.83. The van der Waals surface area contributed by atoms with Gasteiger partial charge in [0.25, 0.3) is 0 Å². The van der Waals surface area contributed by atoms with Crippen LogP contribution in [0.25, 0.3) is 0 Å². The summed E-state index contributed by atoms with van der Waals surface area (Å²) in [5, 5.41) is 21.2. The molecule has 1 saturated heterocycles. The molecule has 0 unspecified atom stereocenters. The van der Waals surface area contributed by atoms with E-state index in [1.165, 1.54) is 0 Å². The van der Waals surface area contributed by atoms with Crippen LogP contribution in [-0.2, 0) is 11.2 Å². The summed E-state index contributed by atoms with van der Waals surface area (Å²) in [5.74, 6) is 0. The minimum Gasteiger partial charge on any atom is -0.388 e. The quantitative estimate of drug-likeness (QED) is 0.759. The predicted molar refractivity (Wildman–Crippen MR) is 97.5 cm³/mol. The molecule has 2 aliphatic heterocycles. The summed E-state index contributed by atoms with van der Waals surface area (Å²) in [6.07, 6.45) is -8.47. The molecule has 2 heterocycles. The minimum atomic E-state index is -4.69. The second-order valence-corrected chi connectivity index (χ2v) is 7.73. The Morgan fingerprint density at radius 3 is 2.48 bits per heavy atom. The third-order valence-electron chi connectivity index (χ3n) is 4.47. The summed E-state index contributed by atoms with van der Waals surface area (Å²) in [6.45, 7) is 0. The molecule has 1 aromatic rings. The summed E-state index contributed by atoms with van der Waals surface area (Å²) in [7, 11) is 3.48. The van der Waals surface area contributed by atoms with Gasteiger partial charge < -0.3 is 19.8 Å². The number of halogens is 3. The van der Waals surface area contributed by atoms with Crippen molar-refractivity contribution in [2.24, 2.45) is 4.99 Å². The first-order valence-corrected chi connectivity index (χ1v) is 9.31. The highest BCUT2D eigenvalue weighted by atomic mass is 32.2. The summed E-state index contributed by atoms with van der Waals surface area (Å²) >= 11 is 1.14. The van der Waals surface area contributed by atoms with Gasteiger partial charge in [-0.05, 0) is 12.0 Å². The largest absolute Gasteiger partial charge is 0.414 e. The number of alkyl halides is 3. The van der Waals surface area contributed by atoms with E-state index >= 15 is 0 Å². The lowest BCUT2D eigenvalue weighted by Crippen LogP contribution is -2.56. The molecule has 0 amide bonds. The summed E-state index contributed by atoms with van der Waals surface area (Å²) in [4.78, 5) is 5.95. The molecule has 0 spiro atoms. The summed E-state index contributed by atoms with van der Waals surface area (Å²) in [5.41, 5.74) is -1.07. The standard InChI is InChI=1S/C18H21F3N2O3S/c1-23(2)17-22-12-13(24)14(25)15(26-16(12)27-17)11(18(19,20)21)9-8-10-6-4-3-5-7-10/h3-7,9,12-16,24-25H,8H2,1-2H3/t12-,13-,14+,15-,16-/m1/s1. The van der Waals surface area contributed by atoms with Crippen LogP contribution in [0.5, 0.6) is 0 Å². The molecule has 1 aromatic carbocycles. The number of hydrogen-bond donors (Lipinski definition) is 2. The first-order valence-electron chi connectivity index (χ1n) is 8.43. The highest BCUT2D eigenvalue weighted by Gasteiger charge is 2.53. The SMILES string of the molecule is CN(C)C1=N[C@@H]2[C@@H](O)[C@H](O)[C@@H](C(=CCc3ccccc3)C(F)(F)F)O[C@@H]2S1. The average Bonchev–Trinajstić information content (AvgIpc) is 3.03. The topological polar surface area (TPSA) is 65.3 Å². The Morgan fingerprint density at radius 1 is 1.22 bits per heavy atom. The highest BCUT2D eigenvalue weighted by Crippen LogP contribution is 2.42. The van der Waals surface area contributed by atoms with Gasteiger partial charge in [-0.2, -0.15) is 13.2 Å². The van der Waals surface area contributed by atoms with Gasteiger partial charge in [0.05, 0.1) is 5.57 Å². The molecule has 0 aliphatic carbocycles. The van der Waals surface area contributed by atoms with Gasteiger partial charge in [-0.15, -0.1) is 0 Å².